The number of nitrogens with zero attached hydrogens (tertiary/aromatic N) is 2. The molecule has 0 saturated heterocycles. The average molecular weight is 131 g/mol. The van der Waals surface area contributed by atoms with E-state index in [1.165, 1.54) is 0 Å². The van der Waals surface area contributed by atoms with Gasteiger partial charge in [0.25, 0.3) is 0 Å². The van der Waals surface area contributed by atoms with Gasteiger partial charge in [-0.25, -0.2) is 0 Å². The zero-order valence-electron chi connectivity index (χ0n) is 5.68. The van der Waals surface area contributed by atoms with Crippen LogP contribution in [0, 0.1) is 0 Å². The Morgan fingerprint density at radius 3 is 1.75 bits per heavy atom. The summed E-state index contributed by atoms with van der Waals surface area (Å²) in [6, 6.07) is 0. The van der Waals surface area contributed by atoms with Crippen molar-refractivity contribution in [3.05, 3.63) is 5.53 Å². The molecule has 0 rings (SSSR count). The highest BCUT2D eigenvalue weighted by molar-refractivity contribution is 6.98. The van der Waals surface area contributed by atoms with Gasteiger partial charge in [-0.1, -0.05) is 19.6 Å². The summed E-state index contributed by atoms with van der Waals surface area (Å²) in [5.74, 6) is 1.63. The Balaban J connectivity index is 0. The molecular weight excluding hydrogens is 118 g/mol. The van der Waals surface area contributed by atoms with Crippen LogP contribution in [0.25, 0.3) is 5.53 Å². The van der Waals surface area contributed by atoms with Crippen LogP contribution in [0.1, 0.15) is 0 Å². The fourth-order valence-corrected chi connectivity index (χ4v) is 0.520. The Kier molecular flexibility index (Phi) is 4.66. The van der Waals surface area contributed by atoms with Gasteiger partial charge in [0, 0.05) is 0 Å². The minimum Gasteiger partial charge on any atom is -0.363 e. The van der Waals surface area contributed by atoms with E-state index in [0.717, 1.165) is 0 Å². The van der Waals surface area contributed by atoms with E-state index in [1.54, 1.807) is 5.84 Å². The van der Waals surface area contributed by atoms with Crippen molar-refractivity contribution in [2.45, 2.75) is 19.6 Å². The lowest BCUT2D eigenvalue weighted by Crippen LogP contribution is -2.22. The molecule has 0 radical (unpaired) electrons. The van der Waals surface area contributed by atoms with Crippen molar-refractivity contribution in [3.8, 4) is 0 Å². The summed E-state index contributed by atoms with van der Waals surface area (Å²) >= 11 is 0. The summed E-state index contributed by atoms with van der Waals surface area (Å²) in [4.78, 5) is 2.94. The minimum absolute atomic E-state index is 0. The smallest absolute Gasteiger partial charge is 0.226 e. The molecule has 0 spiro atoms. The Hall–Kier alpha value is -0.443. The van der Waals surface area contributed by atoms with E-state index in [9.17, 15) is 0 Å². The first-order chi connectivity index (χ1) is 3.06. The predicted molar refractivity (Wildman–Crippen MR) is 38.1 cm³/mol. The van der Waals surface area contributed by atoms with E-state index >= 15 is 0 Å². The lowest BCUT2D eigenvalue weighted by atomic mass is 11.7. The topological polar surface area (TPSA) is 71.4 Å². The molecule has 8 heavy (non-hydrogen) atoms. The molecule has 0 aromatic carbocycles. The molecule has 0 heterocycles. The van der Waals surface area contributed by atoms with E-state index in [-0.39, 0.29) is 6.15 Å². The Bertz CT molecular complexity index is 98.3. The maximum Gasteiger partial charge on any atom is 0.226 e. The van der Waals surface area contributed by atoms with Crippen molar-refractivity contribution >= 4 is 13.9 Å². The predicted octanol–water partition coefficient (Wildman–Crippen LogP) is 1.33. The molecule has 0 unspecified atom stereocenters. The van der Waals surface area contributed by atoms with Gasteiger partial charge in [0.15, 0.2) is 8.07 Å². The summed E-state index contributed by atoms with van der Waals surface area (Å²) in [5.41, 5.74) is 8.01. The molecule has 0 amide bonds. The van der Waals surface area contributed by atoms with Crippen LogP contribution in [0.2, 0.25) is 19.6 Å². The van der Waals surface area contributed by atoms with Crippen LogP contribution in [0.15, 0.2) is 0 Å². The van der Waals surface area contributed by atoms with E-state index in [0.29, 0.717) is 0 Å². The molecule has 3 N–H and O–H groups in total. The van der Waals surface area contributed by atoms with Crippen LogP contribution >= 0.6 is 0 Å². The Morgan fingerprint density at radius 1 is 1.38 bits per heavy atom. The van der Waals surface area contributed by atoms with Crippen molar-refractivity contribution in [1.29, 1.82) is 0 Å². The van der Waals surface area contributed by atoms with Gasteiger partial charge >= 0.3 is 0 Å². The van der Waals surface area contributed by atoms with Crippen molar-refractivity contribution in [2.24, 2.45) is 0 Å². The first kappa shape index (κ1) is 10.5. The van der Waals surface area contributed by atoms with Crippen LogP contribution in [-0.4, -0.2) is 18.7 Å². The lowest BCUT2D eigenvalue weighted by molar-refractivity contribution is 0.00680. The highest BCUT2D eigenvalue weighted by Gasteiger charge is 2.14. The fourth-order valence-electron chi connectivity index (χ4n) is 0.173. The van der Waals surface area contributed by atoms with Crippen LogP contribution < -0.4 is 6.15 Å². The van der Waals surface area contributed by atoms with Gasteiger partial charge in [-0.2, -0.15) is 4.79 Å². The van der Waals surface area contributed by atoms with Gasteiger partial charge in [0.1, 0.15) is 0 Å². The molecule has 0 saturated carbocycles. The quantitative estimate of drug-likeness (QED) is 0.248. The summed E-state index contributed by atoms with van der Waals surface area (Å²) in [6.45, 7) is 6.31. The van der Waals surface area contributed by atoms with E-state index in [4.69, 9.17) is 5.53 Å². The van der Waals surface area contributed by atoms with Gasteiger partial charge in [-0.3, -0.25) is 0 Å². The van der Waals surface area contributed by atoms with Crippen LogP contribution in [0.4, 0.5) is 0 Å². The second-order valence-corrected chi connectivity index (χ2v) is 7.60. The minimum atomic E-state index is -1.20. The summed E-state index contributed by atoms with van der Waals surface area (Å²) in [6.07, 6.45) is 0. The third kappa shape index (κ3) is 9.12. The van der Waals surface area contributed by atoms with Crippen molar-refractivity contribution in [2.75, 3.05) is 0 Å². The monoisotopic (exact) mass is 131 g/mol. The van der Waals surface area contributed by atoms with Crippen LogP contribution in [0.5, 0.6) is 0 Å². The molecule has 0 bridgehead atoms. The molecule has 3 nitrogen and oxygen atoms in total. The first-order valence-corrected chi connectivity index (χ1v) is 5.82. The van der Waals surface area contributed by atoms with Gasteiger partial charge in [-0.05, 0) is 0 Å². The summed E-state index contributed by atoms with van der Waals surface area (Å²) in [7, 11) is -1.20. The molecule has 0 fully saturated rings. The molecule has 0 aliphatic heterocycles. The van der Waals surface area contributed by atoms with Crippen LogP contribution in [0.3, 0.4) is 0 Å². The molecule has 0 aromatic heterocycles. The maximum atomic E-state index is 8.01. The molecule has 0 aliphatic carbocycles. The average Bonchev–Trinajstić information content (AvgIpc) is 1.30. The largest absolute Gasteiger partial charge is 0.363 e. The highest BCUT2D eigenvalue weighted by Crippen LogP contribution is 1.91. The van der Waals surface area contributed by atoms with Gasteiger partial charge in [0.05, 0.1) is 0 Å². The molecule has 0 aliphatic rings. The highest BCUT2D eigenvalue weighted by atomic mass is 28.3. The normalized spacial score (nSPS) is 8.88. The zero-order valence-corrected chi connectivity index (χ0v) is 6.68. The number of hydrogen-bond donors (Lipinski definition) is 1. The third-order valence-corrected chi connectivity index (χ3v) is 1.34. The lowest BCUT2D eigenvalue weighted by Gasteiger charge is -1.95. The fraction of sp³-hybridized carbons (Fsp3) is 0.750. The van der Waals surface area contributed by atoms with E-state index in [2.05, 4.69) is 24.4 Å². The van der Waals surface area contributed by atoms with Crippen LogP contribution in [-0.2, 0) is 0 Å². The zero-order chi connectivity index (χ0) is 5.91. The Morgan fingerprint density at radius 2 is 1.75 bits per heavy atom. The van der Waals surface area contributed by atoms with Gasteiger partial charge in [-0.15, -0.1) is 0 Å². The standard InChI is InChI=1S/C4H10N2Si.H3N/c1-7(2,3)4-6-5;/h4H,1-3H3;1H3. The van der Waals surface area contributed by atoms with Crippen molar-refractivity contribution in [1.82, 2.24) is 6.15 Å². The second-order valence-electron chi connectivity index (χ2n) is 2.61. The van der Waals surface area contributed by atoms with E-state index < -0.39 is 8.07 Å². The SMILES string of the molecule is C[Si](C)(C)C=[N+]=[N-].N. The molecule has 0 atom stereocenters. The van der Waals surface area contributed by atoms with Gasteiger partial charge < -0.3 is 11.7 Å². The molecule has 48 valence electrons. The molecular formula is C4H13N3Si. The summed E-state index contributed by atoms with van der Waals surface area (Å²) < 4.78 is 0. The summed E-state index contributed by atoms with van der Waals surface area (Å²) in [5, 5.41) is 0. The van der Waals surface area contributed by atoms with E-state index in [1.807, 2.05) is 0 Å². The maximum absolute atomic E-state index is 8.01. The number of hydrogen-bond acceptors (Lipinski definition) is 1. The van der Waals surface area contributed by atoms with Gasteiger partial charge in [0.2, 0.25) is 5.84 Å². The number of rotatable bonds is 1. The molecule has 0 aromatic rings. The molecule has 4 heteroatoms. The first-order valence-electron chi connectivity index (χ1n) is 2.25. The van der Waals surface area contributed by atoms with Crippen molar-refractivity contribution < 1.29 is 4.79 Å². The third-order valence-electron chi connectivity index (χ3n) is 0.445. The Labute approximate surface area is 50.9 Å². The second kappa shape index (κ2) is 3.55. The van der Waals surface area contributed by atoms with Crippen molar-refractivity contribution in [3.63, 3.8) is 0 Å².